The number of aromatic nitrogens is 2. The van der Waals surface area contributed by atoms with Gasteiger partial charge in [0.1, 0.15) is 6.54 Å². The quantitative estimate of drug-likeness (QED) is 0.917. The second-order valence-corrected chi connectivity index (χ2v) is 6.44. The van der Waals surface area contributed by atoms with Crippen LogP contribution in [0, 0.1) is 5.41 Å². The van der Waals surface area contributed by atoms with Crippen molar-refractivity contribution in [3.05, 3.63) is 30.1 Å². The number of alkyl halides is 3. The van der Waals surface area contributed by atoms with Crippen molar-refractivity contribution in [3.63, 3.8) is 0 Å². The second kappa shape index (κ2) is 5.75. The number of carbonyl (C=O) groups excluding carboxylic acids is 1. The Hall–Kier alpha value is -2.58. The number of carbonyl (C=O) groups is 2. The van der Waals surface area contributed by atoms with E-state index < -0.39 is 35.8 Å². The Morgan fingerprint density at radius 3 is 2.60 bits per heavy atom. The van der Waals surface area contributed by atoms with E-state index in [9.17, 15) is 27.9 Å². The molecule has 1 aliphatic rings. The molecule has 9 heteroatoms. The molecule has 1 aromatic heterocycles. The Morgan fingerprint density at radius 1 is 1.32 bits per heavy atom. The van der Waals surface area contributed by atoms with Gasteiger partial charge in [-0.2, -0.15) is 13.2 Å². The molecule has 25 heavy (non-hydrogen) atoms. The highest BCUT2D eigenvalue weighted by atomic mass is 19.4. The van der Waals surface area contributed by atoms with Gasteiger partial charge in [0.25, 0.3) is 0 Å². The molecule has 0 spiro atoms. The topological polar surface area (TPSA) is 75.4 Å². The summed E-state index contributed by atoms with van der Waals surface area (Å²) in [4.78, 5) is 28.6. The van der Waals surface area contributed by atoms with Crippen molar-refractivity contribution in [1.82, 2.24) is 14.5 Å². The van der Waals surface area contributed by atoms with Crippen LogP contribution in [-0.2, 0) is 22.3 Å². The largest absolute Gasteiger partial charge is 0.481 e. The highest BCUT2D eigenvalue weighted by Gasteiger charge is 2.43. The molecule has 3 rings (SSSR count). The summed E-state index contributed by atoms with van der Waals surface area (Å²) in [6, 6.07) is 6.06. The number of likely N-dealkylation sites (tertiary alicyclic amines) is 1. The Balaban J connectivity index is 1.90. The summed E-state index contributed by atoms with van der Waals surface area (Å²) in [7, 11) is 0. The van der Waals surface area contributed by atoms with Crippen molar-refractivity contribution in [2.75, 3.05) is 13.1 Å². The van der Waals surface area contributed by atoms with Crippen LogP contribution in [0.4, 0.5) is 13.2 Å². The number of imidazole rings is 1. The van der Waals surface area contributed by atoms with Crippen molar-refractivity contribution in [2.24, 2.45) is 5.41 Å². The van der Waals surface area contributed by atoms with Crippen LogP contribution in [0.25, 0.3) is 11.0 Å². The standard InChI is InChI=1S/C16H16F3N3O3/c1-15(14(24)25)6-7-21(9-15)12(23)8-22-11-5-3-2-4-10(11)20-13(22)16(17,18)19/h2-5H,6-9H2,1H3,(H,24,25). The lowest BCUT2D eigenvalue weighted by molar-refractivity contribution is -0.148. The summed E-state index contributed by atoms with van der Waals surface area (Å²) < 4.78 is 40.6. The van der Waals surface area contributed by atoms with Gasteiger partial charge in [0, 0.05) is 13.1 Å². The molecule has 6 nitrogen and oxygen atoms in total. The minimum atomic E-state index is -4.69. The van der Waals surface area contributed by atoms with Gasteiger partial charge in [-0.05, 0) is 25.5 Å². The van der Waals surface area contributed by atoms with Crippen molar-refractivity contribution in [1.29, 1.82) is 0 Å². The van der Waals surface area contributed by atoms with Gasteiger partial charge in [-0.3, -0.25) is 9.59 Å². The van der Waals surface area contributed by atoms with Crippen molar-refractivity contribution < 1.29 is 27.9 Å². The number of halogens is 3. The van der Waals surface area contributed by atoms with Gasteiger partial charge in [-0.25, -0.2) is 4.98 Å². The summed E-state index contributed by atoms with van der Waals surface area (Å²) in [5, 5.41) is 9.22. The minimum absolute atomic E-state index is 0.0187. The third-order valence-electron chi connectivity index (χ3n) is 4.54. The number of rotatable bonds is 3. The van der Waals surface area contributed by atoms with E-state index in [1.54, 1.807) is 12.1 Å². The number of benzene rings is 1. The van der Waals surface area contributed by atoms with Crippen molar-refractivity contribution in [2.45, 2.75) is 26.1 Å². The zero-order valence-corrected chi connectivity index (χ0v) is 13.4. The van der Waals surface area contributed by atoms with E-state index in [0.29, 0.717) is 0 Å². The van der Waals surface area contributed by atoms with Crippen LogP contribution in [0.15, 0.2) is 24.3 Å². The Kier molecular flexibility index (Phi) is 3.97. The van der Waals surface area contributed by atoms with Crippen LogP contribution in [0.2, 0.25) is 0 Å². The number of aliphatic carboxylic acids is 1. The molecule has 0 aliphatic carbocycles. The van der Waals surface area contributed by atoms with E-state index in [2.05, 4.69) is 4.98 Å². The summed E-state index contributed by atoms with van der Waals surface area (Å²) in [5.41, 5.74) is -0.706. The molecule has 0 saturated carbocycles. The third kappa shape index (κ3) is 3.06. The number of para-hydroxylation sites is 2. The Labute approximate surface area is 140 Å². The lowest BCUT2D eigenvalue weighted by atomic mass is 9.90. The van der Waals surface area contributed by atoms with Crippen molar-refractivity contribution in [3.8, 4) is 0 Å². The van der Waals surface area contributed by atoms with Crippen LogP contribution in [0.5, 0.6) is 0 Å². The van der Waals surface area contributed by atoms with Gasteiger partial charge in [-0.15, -0.1) is 0 Å². The number of nitrogens with zero attached hydrogens (tertiary/aromatic N) is 3. The van der Waals surface area contributed by atoms with Crippen LogP contribution >= 0.6 is 0 Å². The number of carboxylic acid groups (broad SMARTS) is 1. The summed E-state index contributed by atoms with van der Waals surface area (Å²) >= 11 is 0. The van der Waals surface area contributed by atoms with E-state index in [4.69, 9.17) is 0 Å². The molecule has 1 saturated heterocycles. The summed E-state index contributed by atoms with van der Waals surface area (Å²) in [6.45, 7) is 1.17. The first-order chi connectivity index (χ1) is 11.6. The highest BCUT2D eigenvalue weighted by Crippen LogP contribution is 2.33. The van der Waals surface area contributed by atoms with Crippen LogP contribution in [0.3, 0.4) is 0 Å². The number of amides is 1. The molecule has 1 aliphatic heterocycles. The van der Waals surface area contributed by atoms with Crippen molar-refractivity contribution >= 4 is 22.9 Å². The van der Waals surface area contributed by atoms with Gasteiger partial charge in [0.05, 0.1) is 16.4 Å². The SMILES string of the molecule is CC1(C(=O)O)CCN(C(=O)Cn2c(C(F)(F)F)nc3ccccc32)C1. The number of fused-ring (bicyclic) bond motifs is 1. The zero-order chi connectivity index (χ0) is 18.4. The third-order valence-corrected chi connectivity index (χ3v) is 4.54. The second-order valence-electron chi connectivity index (χ2n) is 6.44. The Bertz CT molecular complexity index is 846. The average molecular weight is 355 g/mol. The predicted molar refractivity (Wildman–Crippen MR) is 81.7 cm³/mol. The highest BCUT2D eigenvalue weighted by molar-refractivity contribution is 5.83. The fraction of sp³-hybridized carbons (Fsp3) is 0.438. The number of hydrogen-bond acceptors (Lipinski definition) is 3. The van der Waals surface area contributed by atoms with Gasteiger partial charge < -0.3 is 14.6 Å². The van der Waals surface area contributed by atoms with Gasteiger partial charge in [0.15, 0.2) is 0 Å². The van der Waals surface area contributed by atoms with E-state index in [-0.39, 0.29) is 30.5 Å². The maximum atomic E-state index is 13.3. The molecule has 1 fully saturated rings. The molecular weight excluding hydrogens is 339 g/mol. The van der Waals surface area contributed by atoms with Gasteiger partial charge >= 0.3 is 12.1 Å². The number of carboxylic acids is 1. The molecule has 1 N–H and O–H groups in total. The number of hydrogen-bond donors (Lipinski definition) is 1. The minimum Gasteiger partial charge on any atom is -0.481 e. The molecule has 0 bridgehead atoms. The average Bonchev–Trinajstić information content (AvgIpc) is 3.10. The zero-order valence-electron chi connectivity index (χ0n) is 13.4. The molecule has 1 amide bonds. The lowest BCUT2D eigenvalue weighted by Gasteiger charge is -2.21. The Morgan fingerprint density at radius 2 is 2.00 bits per heavy atom. The van der Waals surface area contributed by atoms with Crippen LogP contribution in [0.1, 0.15) is 19.2 Å². The van der Waals surface area contributed by atoms with Crippen LogP contribution in [-0.4, -0.2) is 44.5 Å². The molecule has 2 heterocycles. The monoisotopic (exact) mass is 355 g/mol. The molecular formula is C16H16F3N3O3. The fourth-order valence-corrected chi connectivity index (χ4v) is 3.04. The smallest absolute Gasteiger partial charge is 0.449 e. The fourth-order valence-electron chi connectivity index (χ4n) is 3.04. The van der Waals surface area contributed by atoms with Gasteiger partial charge in [0.2, 0.25) is 11.7 Å². The van der Waals surface area contributed by atoms with E-state index >= 15 is 0 Å². The van der Waals surface area contributed by atoms with Gasteiger partial charge in [-0.1, -0.05) is 12.1 Å². The molecule has 134 valence electrons. The van der Waals surface area contributed by atoms with Crippen LogP contribution < -0.4 is 0 Å². The van der Waals surface area contributed by atoms with E-state index in [1.165, 1.54) is 24.0 Å². The van der Waals surface area contributed by atoms with E-state index in [1.807, 2.05) is 0 Å². The first kappa shape index (κ1) is 17.2. The molecule has 2 aromatic rings. The maximum Gasteiger partial charge on any atom is 0.449 e. The van der Waals surface area contributed by atoms with E-state index in [0.717, 1.165) is 4.57 Å². The predicted octanol–water partition coefficient (Wildman–Crippen LogP) is 2.38. The maximum absolute atomic E-state index is 13.3. The first-order valence-electron chi connectivity index (χ1n) is 7.65. The normalized spacial score (nSPS) is 21.0. The lowest BCUT2D eigenvalue weighted by Crippen LogP contribution is -2.37. The molecule has 0 radical (unpaired) electrons. The summed E-state index contributed by atoms with van der Waals surface area (Å²) in [5.74, 6) is -2.72. The molecule has 1 atom stereocenters. The summed E-state index contributed by atoms with van der Waals surface area (Å²) in [6.07, 6.45) is -4.43. The first-order valence-corrected chi connectivity index (χ1v) is 7.65. The molecule has 1 unspecified atom stereocenters. The molecule has 1 aromatic carbocycles.